The van der Waals surface area contributed by atoms with Crippen LogP contribution in [0.1, 0.15) is 41.3 Å². The number of hydrogen-bond acceptors (Lipinski definition) is 9. The molecule has 0 radical (unpaired) electrons. The lowest BCUT2D eigenvalue weighted by molar-refractivity contribution is -0.387. The third-order valence-electron chi connectivity index (χ3n) is 6.81. The molecule has 1 aliphatic heterocycles. The first-order valence-corrected chi connectivity index (χ1v) is 14.5. The summed E-state index contributed by atoms with van der Waals surface area (Å²) in [5.41, 5.74) is 1.72. The van der Waals surface area contributed by atoms with Gasteiger partial charge in [0, 0.05) is 6.07 Å². The fourth-order valence-electron chi connectivity index (χ4n) is 4.69. The number of thioether (sulfide) groups is 1. The van der Waals surface area contributed by atoms with Crippen molar-refractivity contribution in [3.8, 4) is 5.75 Å². The highest BCUT2D eigenvalue weighted by Gasteiger charge is 2.41. The molecule has 42 heavy (non-hydrogen) atoms. The third-order valence-corrected chi connectivity index (χ3v) is 8.14. The number of rotatable bonds is 13. The monoisotopic (exact) mass is 592 g/mol. The van der Waals surface area contributed by atoms with E-state index in [-0.39, 0.29) is 29.4 Å². The molecule has 0 aromatic heterocycles. The number of carbonyl (C=O) groups is 3. The number of ether oxygens (including phenoxy) is 3. The Balaban J connectivity index is 1.59. The summed E-state index contributed by atoms with van der Waals surface area (Å²) in [6.07, 6.45) is 1.27. The highest BCUT2D eigenvalue weighted by Crippen LogP contribution is 2.37. The molecule has 11 heteroatoms. The molecule has 2 atom stereocenters. The van der Waals surface area contributed by atoms with Gasteiger partial charge in [0.15, 0.2) is 0 Å². The normalized spacial score (nSPS) is 15.1. The number of esters is 1. The predicted molar refractivity (Wildman–Crippen MR) is 157 cm³/mol. The van der Waals surface area contributed by atoms with Gasteiger partial charge >= 0.3 is 12.1 Å². The molecule has 4 rings (SSSR count). The predicted octanol–water partition coefficient (Wildman–Crippen LogP) is 5.85. The highest BCUT2D eigenvalue weighted by atomic mass is 32.2. The van der Waals surface area contributed by atoms with Crippen LogP contribution in [0, 0.1) is 10.1 Å². The molecule has 1 aliphatic rings. The molecule has 0 saturated carbocycles. The summed E-state index contributed by atoms with van der Waals surface area (Å²) in [6, 6.07) is 20.6. The summed E-state index contributed by atoms with van der Waals surface area (Å²) in [7, 11) is 1.59. The Labute approximate surface area is 248 Å². The van der Waals surface area contributed by atoms with Crippen LogP contribution in [-0.2, 0) is 27.1 Å². The van der Waals surface area contributed by atoms with Gasteiger partial charge in [-0.25, -0.2) is 14.5 Å². The van der Waals surface area contributed by atoms with Crippen LogP contribution >= 0.6 is 11.8 Å². The van der Waals surface area contributed by atoms with Crippen LogP contribution in [0.2, 0.25) is 0 Å². The number of imide groups is 1. The molecule has 10 nitrogen and oxygen atoms in total. The molecule has 2 unspecified atom stereocenters. The largest absolute Gasteiger partial charge is 0.497 e. The summed E-state index contributed by atoms with van der Waals surface area (Å²) in [5.74, 6) is -0.410. The topological polar surface area (TPSA) is 125 Å². The van der Waals surface area contributed by atoms with Crippen molar-refractivity contribution >= 4 is 35.4 Å². The van der Waals surface area contributed by atoms with Crippen molar-refractivity contribution in [2.75, 3.05) is 20.3 Å². The van der Waals surface area contributed by atoms with Gasteiger partial charge in [-0.1, -0.05) is 42.5 Å². The molecule has 1 heterocycles. The maximum atomic E-state index is 14.0. The third kappa shape index (κ3) is 7.67. The van der Waals surface area contributed by atoms with E-state index in [0.717, 1.165) is 39.6 Å². The van der Waals surface area contributed by atoms with Crippen LogP contribution in [0.3, 0.4) is 0 Å². The van der Waals surface area contributed by atoms with Gasteiger partial charge in [-0.15, -0.1) is 11.8 Å². The van der Waals surface area contributed by atoms with Crippen molar-refractivity contribution in [1.82, 2.24) is 4.90 Å². The van der Waals surface area contributed by atoms with E-state index in [0.29, 0.717) is 25.7 Å². The number of amides is 2. The quantitative estimate of drug-likeness (QED) is 0.104. The van der Waals surface area contributed by atoms with E-state index in [2.05, 4.69) is 0 Å². The van der Waals surface area contributed by atoms with Gasteiger partial charge in [0.1, 0.15) is 12.4 Å². The van der Waals surface area contributed by atoms with Crippen LogP contribution in [0.4, 0.5) is 10.5 Å². The zero-order valence-electron chi connectivity index (χ0n) is 23.4. The Bertz CT molecular complexity index is 1410. The minimum atomic E-state index is -0.820. The van der Waals surface area contributed by atoms with Crippen LogP contribution in [-0.4, -0.2) is 59.4 Å². The van der Waals surface area contributed by atoms with Crippen molar-refractivity contribution in [3.63, 3.8) is 0 Å². The van der Waals surface area contributed by atoms with Crippen molar-refractivity contribution in [3.05, 3.63) is 99.6 Å². The van der Waals surface area contributed by atoms with Crippen molar-refractivity contribution in [2.24, 2.45) is 0 Å². The van der Waals surface area contributed by atoms with Crippen LogP contribution in [0.5, 0.6) is 5.75 Å². The van der Waals surface area contributed by atoms with Crippen LogP contribution in [0.25, 0.3) is 0 Å². The van der Waals surface area contributed by atoms with Crippen LogP contribution < -0.4 is 4.74 Å². The average Bonchev–Trinajstić information content (AvgIpc) is 3.36. The molecule has 0 N–H and O–H groups in total. The lowest BCUT2D eigenvalue weighted by Crippen LogP contribution is -2.44. The summed E-state index contributed by atoms with van der Waals surface area (Å²) >= 11 is 1.01. The molecule has 2 amide bonds. The molecular formula is C31H32N2O8S. The van der Waals surface area contributed by atoms with Crippen LogP contribution in [0.15, 0.2) is 77.7 Å². The van der Waals surface area contributed by atoms with E-state index in [1.165, 1.54) is 12.1 Å². The minimum Gasteiger partial charge on any atom is -0.497 e. The van der Waals surface area contributed by atoms with Gasteiger partial charge in [0.2, 0.25) is 5.91 Å². The number of benzene rings is 3. The number of cyclic esters (lactones) is 1. The van der Waals surface area contributed by atoms with Gasteiger partial charge in [-0.05, 0) is 68.0 Å². The number of hydrogen-bond donors (Lipinski definition) is 0. The Hall–Kier alpha value is -4.38. The maximum absolute atomic E-state index is 14.0. The van der Waals surface area contributed by atoms with E-state index in [1.54, 1.807) is 14.0 Å². The Morgan fingerprint density at radius 2 is 1.83 bits per heavy atom. The van der Waals surface area contributed by atoms with E-state index in [4.69, 9.17) is 14.2 Å². The zero-order valence-corrected chi connectivity index (χ0v) is 24.2. The molecule has 3 aromatic carbocycles. The van der Waals surface area contributed by atoms with E-state index in [1.807, 2.05) is 54.6 Å². The van der Waals surface area contributed by atoms with Gasteiger partial charge in [-0.2, -0.15) is 0 Å². The average molecular weight is 593 g/mol. The second-order valence-corrected chi connectivity index (χ2v) is 10.9. The SMILES string of the molecule is CCOC(=O)c1ccc(SC(CCCc2ccc(OC)cc2)C(=O)N2C(=O)OCC2Cc2ccccc2)c([N+](=O)[O-])c1. The number of nitro benzene ring substituents is 1. The Morgan fingerprint density at radius 3 is 2.50 bits per heavy atom. The molecule has 1 fully saturated rings. The highest BCUT2D eigenvalue weighted by molar-refractivity contribution is 8.00. The first-order valence-electron chi connectivity index (χ1n) is 13.6. The summed E-state index contributed by atoms with van der Waals surface area (Å²) in [4.78, 5) is 51.7. The number of nitrogens with zero attached hydrogens (tertiary/aromatic N) is 2. The zero-order chi connectivity index (χ0) is 30.1. The standard InChI is InChI=1S/C31H32N2O8S/c1-3-40-30(35)23-14-17-27(26(19-23)33(37)38)42-28(11-7-10-21-12-15-25(39-2)16-13-21)29(34)32-24(20-41-31(32)36)18-22-8-5-4-6-9-22/h4-6,8-9,12-17,19,24,28H,3,7,10-11,18,20H2,1-2H3. The Kier molecular flexibility index (Phi) is 10.6. The van der Waals surface area contributed by atoms with Crippen molar-refractivity contribution in [1.29, 1.82) is 0 Å². The first kappa shape index (κ1) is 30.6. The molecule has 1 saturated heterocycles. The fraction of sp³-hybridized carbons (Fsp3) is 0.323. The fourth-order valence-corrected chi connectivity index (χ4v) is 5.90. The molecule has 0 spiro atoms. The maximum Gasteiger partial charge on any atom is 0.417 e. The van der Waals surface area contributed by atoms with E-state index >= 15 is 0 Å². The number of carbonyl (C=O) groups excluding carboxylic acids is 3. The molecule has 220 valence electrons. The molecule has 0 aliphatic carbocycles. The smallest absolute Gasteiger partial charge is 0.417 e. The molecular weight excluding hydrogens is 560 g/mol. The van der Waals surface area contributed by atoms with Crippen molar-refractivity contribution < 1.29 is 33.5 Å². The lowest BCUT2D eigenvalue weighted by Gasteiger charge is -2.25. The molecule has 3 aromatic rings. The second kappa shape index (κ2) is 14.5. The van der Waals surface area contributed by atoms with Gasteiger partial charge in [-0.3, -0.25) is 14.9 Å². The minimum absolute atomic E-state index is 0.0429. The Morgan fingerprint density at radius 1 is 1.10 bits per heavy atom. The number of aryl methyl sites for hydroxylation is 1. The van der Waals surface area contributed by atoms with Gasteiger partial charge in [0.05, 0.1) is 40.4 Å². The molecule has 0 bridgehead atoms. The van der Waals surface area contributed by atoms with E-state index in [9.17, 15) is 24.5 Å². The summed E-state index contributed by atoms with van der Waals surface area (Å²) in [5, 5.41) is 11.2. The second-order valence-electron chi connectivity index (χ2n) is 9.64. The van der Waals surface area contributed by atoms with Gasteiger partial charge < -0.3 is 14.2 Å². The lowest BCUT2D eigenvalue weighted by atomic mass is 10.0. The number of nitro groups is 1. The van der Waals surface area contributed by atoms with Gasteiger partial charge in [0.25, 0.3) is 5.69 Å². The first-order chi connectivity index (χ1) is 20.3. The summed E-state index contributed by atoms with van der Waals surface area (Å²) in [6.45, 7) is 1.84. The number of methoxy groups -OCH3 is 1. The van der Waals surface area contributed by atoms with Crippen molar-refractivity contribution in [2.45, 2.75) is 48.8 Å². The summed E-state index contributed by atoms with van der Waals surface area (Å²) < 4.78 is 15.5. The van der Waals surface area contributed by atoms with E-state index < -0.39 is 34.2 Å².